The second-order valence-corrected chi connectivity index (χ2v) is 12.2. The van der Waals surface area contributed by atoms with E-state index >= 15 is 0 Å². The van der Waals surface area contributed by atoms with E-state index in [0.29, 0.717) is 5.40 Å². The summed E-state index contributed by atoms with van der Waals surface area (Å²) in [5.41, 5.74) is 0. The zero-order valence-electron chi connectivity index (χ0n) is 17.1. The molecule has 0 bridgehead atoms. The smallest absolute Gasteiger partial charge is 0.0581 e. The molecule has 0 aromatic heterocycles. The molecule has 0 spiro atoms. The maximum atomic E-state index is 5.88. The Bertz CT molecular complexity index is 846. The van der Waals surface area contributed by atoms with Gasteiger partial charge < -0.3 is 4.74 Å². The number of hydrogen-bond donors (Lipinski definition) is 0. The lowest BCUT2D eigenvalue weighted by molar-refractivity contribution is 0.212. The molecule has 0 fully saturated rings. The molecule has 0 saturated heterocycles. The van der Waals surface area contributed by atoms with Gasteiger partial charge in [-0.3, -0.25) is 0 Å². The minimum atomic E-state index is -0.603. The molecule has 30 heavy (non-hydrogen) atoms. The highest BCUT2D eigenvalue weighted by atomic mass is 31.2. The first-order valence-electron chi connectivity index (χ1n) is 10.2. The Morgan fingerprint density at radius 3 is 1.00 bits per heavy atom. The molecule has 0 radical (unpaired) electrons. The van der Waals surface area contributed by atoms with E-state index in [2.05, 4.69) is 121 Å². The molecular formula is C27H26OP2. The van der Waals surface area contributed by atoms with E-state index in [1.165, 1.54) is 21.2 Å². The summed E-state index contributed by atoms with van der Waals surface area (Å²) >= 11 is 0. The fraction of sp³-hybridized carbons (Fsp3) is 0.111. The van der Waals surface area contributed by atoms with Crippen LogP contribution >= 0.6 is 15.8 Å². The number of rotatable bonds is 8. The molecule has 0 aliphatic heterocycles. The Balaban J connectivity index is 1.89. The zero-order chi connectivity index (χ0) is 20.6. The number of hydrogen-bond acceptors (Lipinski definition) is 1. The SMILES string of the molecule is COCC(P(c1ccccc1)c1ccccc1)P(c1ccccc1)c1ccccc1. The molecule has 0 atom stereocenters. The van der Waals surface area contributed by atoms with Crippen LogP contribution in [0.2, 0.25) is 0 Å². The van der Waals surface area contributed by atoms with E-state index in [0.717, 1.165) is 6.61 Å². The van der Waals surface area contributed by atoms with Crippen LogP contribution in [-0.2, 0) is 4.74 Å². The molecule has 0 amide bonds. The number of benzene rings is 4. The van der Waals surface area contributed by atoms with Crippen molar-refractivity contribution in [3.63, 3.8) is 0 Å². The Kier molecular flexibility index (Phi) is 7.44. The average molecular weight is 428 g/mol. The predicted molar refractivity (Wildman–Crippen MR) is 134 cm³/mol. The van der Waals surface area contributed by atoms with E-state index in [4.69, 9.17) is 4.74 Å². The lowest BCUT2D eigenvalue weighted by Gasteiger charge is -2.35. The van der Waals surface area contributed by atoms with Crippen LogP contribution in [0, 0.1) is 0 Å². The van der Waals surface area contributed by atoms with Crippen molar-refractivity contribution in [3.8, 4) is 0 Å². The molecule has 4 aromatic carbocycles. The number of ether oxygens (including phenoxy) is 1. The van der Waals surface area contributed by atoms with Crippen molar-refractivity contribution in [1.29, 1.82) is 0 Å². The number of methoxy groups -OCH3 is 1. The highest BCUT2D eigenvalue weighted by Crippen LogP contribution is 2.56. The molecule has 0 N–H and O–H groups in total. The lowest BCUT2D eigenvalue weighted by atomic mass is 10.4. The van der Waals surface area contributed by atoms with E-state index < -0.39 is 15.8 Å². The second-order valence-electron chi connectivity index (χ2n) is 7.02. The molecule has 3 heteroatoms. The van der Waals surface area contributed by atoms with Crippen LogP contribution in [0.25, 0.3) is 0 Å². The first kappa shape index (κ1) is 21.0. The molecule has 0 aliphatic rings. The van der Waals surface area contributed by atoms with Crippen LogP contribution in [0.15, 0.2) is 121 Å². The van der Waals surface area contributed by atoms with Crippen LogP contribution in [0.1, 0.15) is 0 Å². The summed E-state index contributed by atoms with van der Waals surface area (Å²) < 4.78 is 5.88. The molecule has 0 heterocycles. The van der Waals surface area contributed by atoms with Crippen molar-refractivity contribution >= 4 is 37.1 Å². The molecule has 1 nitrogen and oxygen atoms in total. The molecule has 0 unspecified atom stereocenters. The first-order chi connectivity index (χ1) is 14.9. The fourth-order valence-corrected chi connectivity index (χ4v) is 10.8. The quantitative estimate of drug-likeness (QED) is 0.350. The van der Waals surface area contributed by atoms with Gasteiger partial charge in [0.05, 0.1) is 6.61 Å². The summed E-state index contributed by atoms with van der Waals surface area (Å²) in [6.45, 7) is 0.727. The van der Waals surface area contributed by atoms with Crippen molar-refractivity contribution in [2.45, 2.75) is 5.40 Å². The van der Waals surface area contributed by atoms with E-state index in [1.807, 2.05) is 7.11 Å². The summed E-state index contributed by atoms with van der Waals surface area (Å²) in [4.78, 5) is 0. The monoisotopic (exact) mass is 428 g/mol. The second kappa shape index (κ2) is 10.6. The van der Waals surface area contributed by atoms with Crippen molar-refractivity contribution in [2.24, 2.45) is 0 Å². The Morgan fingerprint density at radius 1 is 0.500 bits per heavy atom. The Labute approximate surface area is 182 Å². The summed E-state index contributed by atoms with van der Waals surface area (Å²) in [5.74, 6) is 0. The molecule has 4 rings (SSSR count). The van der Waals surface area contributed by atoms with Crippen LogP contribution in [0.3, 0.4) is 0 Å². The topological polar surface area (TPSA) is 9.23 Å². The van der Waals surface area contributed by atoms with Crippen LogP contribution in [0.4, 0.5) is 0 Å². The zero-order valence-corrected chi connectivity index (χ0v) is 18.9. The largest absolute Gasteiger partial charge is 0.384 e. The first-order valence-corrected chi connectivity index (χ1v) is 13.0. The minimum Gasteiger partial charge on any atom is -0.384 e. The maximum Gasteiger partial charge on any atom is 0.0581 e. The maximum absolute atomic E-state index is 5.88. The average Bonchev–Trinajstić information content (AvgIpc) is 2.82. The van der Waals surface area contributed by atoms with Gasteiger partial charge >= 0.3 is 0 Å². The van der Waals surface area contributed by atoms with Crippen molar-refractivity contribution in [2.75, 3.05) is 13.7 Å². The van der Waals surface area contributed by atoms with E-state index in [9.17, 15) is 0 Å². The molecule has 150 valence electrons. The summed E-state index contributed by atoms with van der Waals surface area (Å²) in [6, 6.07) is 43.9. The van der Waals surface area contributed by atoms with Gasteiger partial charge in [-0.15, -0.1) is 0 Å². The van der Waals surface area contributed by atoms with E-state index in [-0.39, 0.29) is 0 Å². The normalized spacial score (nSPS) is 11.3. The lowest BCUT2D eigenvalue weighted by Crippen LogP contribution is -2.30. The highest BCUT2D eigenvalue weighted by Gasteiger charge is 2.33. The van der Waals surface area contributed by atoms with Crippen molar-refractivity contribution in [1.82, 2.24) is 0 Å². The Hall–Kier alpha value is -2.30. The van der Waals surface area contributed by atoms with Crippen LogP contribution in [-0.4, -0.2) is 19.1 Å². The third-order valence-corrected chi connectivity index (χ3v) is 11.3. The van der Waals surface area contributed by atoms with Gasteiger partial charge in [-0.05, 0) is 37.1 Å². The van der Waals surface area contributed by atoms with Gasteiger partial charge in [0.2, 0.25) is 0 Å². The molecule has 0 saturated carbocycles. The summed E-state index contributed by atoms with van der Waals surface area (Å²) in [6.07, 6.45) is 0. The third-order valence-electron chi connectivity index (χ3n) is 5.05. The van der Waals surface area contributed by atoms with Gasteiger partial charge in [-0.1, -0.05) is 121 Å². The minimum absolute atomic E-state index is 0.370. The molecule has 4 aromatic rings. The summed E-state index contributed by atoms with van der Waals surface area (Å²) in [5, 5.41) is 5.98. The standard InChI is InChI=1S/C27H26OP2/c1-28-22-27(29(23-14-6-2-7-15-23)24-16-8-3-9-17-24)30(25-18-10-4-11-19-25)26-20-12-5-13-21-26/h2-21,27H,22H2,1H3. The summed E-state index contributed by atoms with van der Waals surface area (Å²) in [7, 11) is 0.627. The van der Waals surface area contributed by atoms with E-state index in [1.54, 1.807) is 0 Å². The van der Waals surface area contributed by atoms with Crippen molar-refractivity contribution in [3.05, 3.63) is 121 Å². The fourth-order valence-electron chi connectivity index (χ4n) is 3.75. The van der Waals surface area contributed by atoms with Gasteiger partial charge in [-0.25, -0.2) is 0 Å². The van der Waals surface area contributed by atoms with Gasteiger partial charge in [0.1, 0.15) is 0 Å². The highest BCUT2D eigenvalue weighted by molar-refractivity contribution is 7.89. The van der Waals surface area contributed by atoms with Gasteiger partial charge in [0, 0.05) is 12.5 Å². The van der Waals surface area contributed by atoms with Gasteiger partial charge in [0.25, 0.3) is 0 Å². The van der Waals surface area contributed by atoms with Gasteiger partial charge in [0.15, 0.2) is 0 Å². The molecule has 0 aliphatic carbocycles. The third kappa shape index (κ3) is 4.88. The molecular weight excluding hydrogens is 402 g/mol. The Morgan fingerprint density at radius 2 is 0.767 bits per heavy atom. The van der Waals surface area contributed by atoms with Crippen LogP contribution in [0.5, 0.6) is 0 Å². The van der Waals surface area contributed by atoms with Crippen LogP contribution < -0.4 is 21.2 Å². The van der Waals surface area contributed by atoms with Crippen molar-refractivity contribution < 1.29 is 4.74 Å². The van der Waals surface area contributed by atoms with Gasteiger partial charge in [-0.2, -0.15) is 0 Å². The predicted octanol–water partition coefficient (Wildman–Crippen LogP) is 5.22.